The van der Waals surface area contributed by atoms with Crippen LogP contribution in [0.15, 0.2) is 74.7 Å². The van der Waals surface area contributed by atoms with Gasteiger partial charge in [-0.3, -0.25) is 4.79 Å². The van der Waals surface area contributed by atoms with E-state index in [0.717, 1.165) is 10.0 Å². The number of benzene rings is 3. The number of hydrogen-bond donors (Lipinski definition) is 2. The number of halogens is 3. The monoisotopic (exact) mass is 563 g/mol. The first-order valence-electron chi connectivity index (χ1n) is 9.50. The molecule has 166 valence electrons. The summed E-state index contributed by atoms with van der Waals surface area (Å²) < 4.78 is 26.0. The van der Waals surface area contributed by atoms with Gasteiger partial charge in [0.2, 0.25) is 0 Å². The van der Waals surface area contributed by atoms with Gasteiger partial charge < -0.3 is 14.8 Å². The Morgan fingerprint density at radius 3 is 2.50 bits per heavy atom. The number of methoxy groups -OCH3 is 1. The molecule has 0 spiro atoms. The Labute approximate surface area is 202 Å². The van der Waals surface area contributed by atoms with Gasteiger partial charge in [-0.15, -0.1) is 0 Å². The molecule has 32 heavy (non-hydrogen) atoms. The Hall–Kier alpha value is -2.91. The molecule has 1 amide bonds. The van der Waals surface area contributed by atoms with E-state index in [1.54, 1.807) is 25.3 Å². The predicted molar refractivity (Wildman–Crippen MR) is 130 cm³/mol. The van der Waals surface area contributed by atoms with Crippen molar-refractivity contribution >= 4 is 49.7 Å². The van der Waals surface area contributed by atoms with Crippen molar-refractivity contribution in [1.82, 2.24) is 5.43 Å². The average molecular weight is 565 g/mol. The molecule has 3 aromatic rings. The number of rotatable bonds is 9. The molecule has 0 saturated heterocycles. The quantitative estimate of drug-likeness (QED) is 0.266. The molecule has 6 nitrogen and oxygen atoms in total. The molecule has 0 aromatic heterocycles. The van der Waals surface area contributed by atoms with Gasteiger partial charge in [0, 0.05) is 10.2 Å². The van der Waals surface area contributed by atoms with Crippen LogP contribution in [0.1, 0.15) is 11.1 Å². The van der Waals surface area contributed by atoms with Crippen molar-refractivity contribution in [2.45, 2.75) is 6.61 Å². The molecule has 0 bridgehead atoms. The number of anilines is 1. The molecule has 0 saturated carbocycles. The lowest BCUT2D eigenvalue weighted by atomic mass is 10.2. The lowest BCUT2D eigenvalue weighted by molar-refractivity contribution is -0.119. The van der Waals surface area contributed by atoms with Gasteiger partial charge in [-0.2, -0.15) is 5.10 Å². The summed E-state index contributed by atoms with van der Waals surface area (Å²) in [7, 11) is 1.55. The fourth-order valence-electron chi connectivity index (χ4n) is 2.66. The number of carbonyl (C=O) groups is 1. The van der Waals surface area contributed by atoms with Gasteiger partial charge in [-0.25, -0.2) is 9.82 Å². The summed E-state index contributed by atoms with van der Waals surface area (Å²) in [6.07, 6.45) is 1.50. The first-order chi connectivity index (χ1) is 15.4. The van der Waals surface area contributed by atoms with Crippen LogP contribution in [0.3, 0.4) is 0 Å². The maximum absolute atomic E-state index is 12.9. The molecule has 0 fully saturated rings. The van der Waals surface area contributed by atoms with Gasteiger partial charge in [0.1, 0.15) is 12.4 Å². The minimum absolute atomic E-state index is 0.00117. The summed E-state index contributed by atoms with van der Waals surface area (Å²) in [5, 5.41) is 6.86. The molecule has 0 radical (unpaired) electrons. The number of ether oxygens (including phenoxy) is 2. The standard InChI is InChI=1S/C23H20Br2FN3O3/c1-31-21-11-16(10-20(25)23(21)32-14-15-2-4-17(24)5-3-15)12-28-29-22(30)13-27-19-8-6-18(26)7-9-19/h2-12,27H,13-14H2,1H3,(H,29,30)/b28-12-. The van der Waals surface area contributed by atoms with Crippen molar-refractivity contribution < 1.29 is 18.7 Å². The molecule has 0 aliphatic rings. The van der Waals surface area contributed by atoms with E-state index in [1.807, 2.05) is 30.3 Å². The van der Waals surface area contributed by atoms with E-state index in [9.17, 15) is 9.18 Å². The lowest BCUT2D eigenvalue weighted by Crippen LogP contribution is -2.25. The van der Waals surface area contributed by atoms with Gasteiger partial charge in [0.15, 0.2) is 11.5 Å². The Kier molecular flexibility index (Phi) is 8.64. The molecular weight excluding hydrogens is 545 g/mol. The maximum atomic E-state index is 12.9. The van der Waals surface area contributed by atoms with Crippen LogP contribution >= 0.6 is 31.9 Å². The summed E-state index contributed by atoms with van der Waals surface area (Å²) in [6.45, 7) is 0.381. The zero-order chi connectivity index (χ0) is 22.9. The molecule has 0 atom stereocenters. The number of nitrogens with zero attached hydrogens (tertiary/aromatic N) is 1. The van der Waals surface area contributed by atoms with Gasteiger partial charge in [0.05, 0.1) is 24.3 Å². The highest BCUT2D eigenvalue weighted by atomic mass is 79.9. The van der Waals surface area contributed by atoms with Crippen LogP contribution < -0.4 is 20.2 Å². The van der Waals surface area contributed by atoms with Crippen LogP contribution in [0, 0.1) is 5.82 Å². The summed E-state index contributed by atoms with van der Waals surface area (Å²) in [4.78, 5) is 11.9. The minimum Gasteiger partial charge on any atom is -0.493 e. The van der Waals surface area contributed by atoms with Crippen LogP contribution in [0.4, 0.5) is 10.1 Å². The third kappa shape index (κ3) is 7.06. The summed E-state index contributed by atoms with van der Waals surface area (Å²) in [5.41, 5.74) is 4.80. The van der Waals surface area contributed by atoms with Crippen molar-refractivity contribution in [3.8, 4) is 11.5 Å². The van der Waals surface area contributed by atoms with Crippen LogP contribution in [0.5, 0.6) is 11.5 Å². The molecule has 0 unspecified atom stereocenters. The van der Waals surface area contributed by atoms with E-state index < -0.39 is 0 Å². The van der Waals surface area contributed by atoms with Gasteiger partial charge >= 0.3 is 0 Å². The Bertz CT molecular complexity index is 1090. The van der Waals surface area contributed by atoms with Crippen molar-refractivity contribution in [2.24, 2.45) is 5.10 Å². The maximum Gasteiger partial charge on any atom is 0.259 e. The SMILES string of the molecule is COc1cc(/C=N\NC(=O)CNc2ccc(F)cc2)cc(Br)c1OCc1ccc(Br)cc1. The molecule has 2 N–H and O–H groups in total. The van der Waals surface area contributed by atoms with Gasteiger partial charge in [0.25, 0.3) is 5.91 Å². The molecule has 3 rings (SSSR count). The summed E-state index contributed by atoms with van der Waals surface area (Å²) in [6, 6.07) is 17.2. The van der Waals surface area contributed by atoms with Crippen LogP contribution in [0.2, 0.25) is 0 Å². The van der Waals surface area contributed by atoms with Crippen LogP contribution in [-0.4, -0.2) is 25.8 Å². The highest BCUT2D eigenvalue weighted by Crippen LogP contribution is 2.36. The highest BCUT2D eigenvalue weighted by molar-refractivity contribution is 9.10. The summed E-state index contributed by atoms with van der Waals surface area (Å²) in [5.74, 6) is 0.421. The van der Waals surface area contributed by atoms with Crippen molar-refractivity contribution in [3.05, 3.63) is 86.6 Å². The molecule has 0 aliphatic carbocycles. The molecular formula is C23H20Br2FN3O3. The summed E-state index contributed by atoms with van der Waals surface area (Å²) >= 11 is 6.91. The normalized spacial score (nSPS) is 10.8. The third-order valence-electron chi connectivity index (χ3n) is 4.25. The zero-order valence-electron chi connectivity index (χ0n) is 17.1. The molecule has 3 aromatic carbocycles. The first-order valence-corrected chi connectivity index (χ1v) is 11.1. The fourth-order valence-corrected chi connectivity index (χ4v) is 3.50. The number of amides is 1. The number of hydrogen-bond acceptors (Lipinski definition) is 5. The highest BCUT2D eigenvalue weighted by Gasteiger charge is 2.12. The number of hydrazone groups is 1. The number of carbonyl (C=O) groups excluding carboxylic acids is 1. The predicted octanol–water partition coefficient (Wildman–Crippen LogP) is 5.50. The van der Waals surface area contributed by atoms with E-state index in [4.69, 9.17) is 9.47 Å². The molecule has 0 heterocycles. The zero-order valence-corrected chi connectivity index (χ0v) is 20.2. The second kappa shape index (κ2) is 11.6. The Balaban J connectivity index is 1.57. The van der Waals surface area contributed by atoms with E-state index >= 15 is 0 Å². The van der Waals surface area contributed by atoms with Crippen molar-refractivity contribution in [1.29, 1.82) is 0 Å². The minimum atomic E-state index is -0.342. The van der Waals surface area contributed by atoms with E-state index in [1.165, 1.54) is 18.3 Å². The first kappa shape index (κ1) is 23.7. The van der Waals surface area contributed by atoms with E-state index in [0.29, 0.717) is 33.8 Å². The fraction of sp³-hybridized carbons (Fsp3) is 0.130. The largest absolute Gasteiger partial charge is 0.493 e. The topological polar surface area (TPSA) is 72.0 Å². The second-order valence-electron chi connectivity index (χ2n) is 6.60. The van der Waals surface area contributed by atoms with Crippen molar-refractivity contribution in [3.63, 3.8) is 0 Å². The van der Waals surface area contributed by atoms with Crippen LogP contribution in [-0.2, 0) is 11.4 Å². The van der Waals surface area contributed by atoms with Crippen molar-refractivity contribution in [2.75, 3.05) is 19.0 Å². The molecule has 0 aliphatic heterocycles. The lowest BCUT2D eigenvalue weighted by Gasteiger charge is -2.13. The Morgan fingerprint density at radius 2 is 1.81 bits per heavy atom. The van der Waals surface area contributed by atoms with Crippen LogP contribution in [0.25, 0.3) is 0 Å². The van der Waals surface area contributed by atoms with E-state index in [-0.39, 0.29) is 18.3 Å². The second-order valence-corrected chi connectivity index (χ2v) is 8.37. The van der Waals surface area contributed by atoms with Gasteiger partial charge in [-0.05, 0) is 75.6 Å². The average Bonchev–Trinajstić information content (AvgIpc) is 2.79. The third-order valence-corrected chi connectivity index (χ3v) is 5.37. The smallest absolute Gasteiger partial charge is 0.259 e. The van der Waals surface area contributed by atoms with Gasteiger partial charge in [-0.1, -0.05) is 28.1 Å². The Morgan fingerprint density at radius 1 is 1.09 bits per heavy atom. The van der Waals surface area contributed by atoms with E-state index in [2.05, 4.69) is 47.7 Å². The molecule has 9 heteroatoms. The number of nitrogens with one attached hydrogen (secondary N) is 2.